The van der Waals surface area contributed by atoms with Gasteiger partial charge in [0.1, 0.15) is 5.75 Å². The van der Waals surface area contributed by atoms with Crippen molar-refractivity contribution in [2.45, 2.75) is 59.3 Å². The molecular weight excluding hydrogens is 380 g/mol. The van der Waals surface area contributed by atoms with E-state index in [2.05, 4.69) is 56.8 Å². The number of aromatic nitrogens is 1. The molecule has 0 unspecified atom stereocenters. The van der Waals surface area contributed by atoms with Crippen LogP contribution in [0.2, 0.25) is 0 Å². The van der Waals surface area contributed by atoms with E-state index in [4.69, 9.17) is 14.7 Å². The molecule has 5 rings (SSSR count). The van der Waals surface area contributed by atoms with Gasteiger partial charge in [0.15, 0.2) is 0 Å². The Morgan fingerprint density at radius 2 is 1.94 bits per heavy atom. The van der Waals surface area contributed by atoms with Crippen molar-refractivity contribution in [2.75, 3.05) is 6.61 Å². The summed E-state index contributed by atoms with van der Waals surface area (Å²) in [6.45, 7) is 11.4. The Balaban J connectivity index is 1.61. The lowest BCUT2D eigenvalue weighted by atomic mass is 9.79. The first-order valence-corrected chi connectivity index (χ1v) is 11.5. The number of ether oxygens (including phenoxy) is 1. The van der Waals surface area contributed by atoms with E-state index in [1.54, 1.807) is 0 Å². The van der Waals surface area contributed by atoms with Crippen LogP contribution in [0.4, 0.5) is 0 Å². The molecule has 160 valence electrons. The van der Waals surface area contributed by atoms with Gasteiger partial charge < -0.3 is 4.74 Å². The monoisotopic (exact) mass is 412 g/mol. The van der Waals surface area contributed by atoms with Crippen molar-refractivity contribution in [1.82, 2.24) is 4.98 Å². The smallest absolute Gasteiger partial charge is 0.123 e. The lowest BCUT2D eigenvalue weighted by molar-refractivity contribution is 0.356. The predicted octanol–water partition coefficient (Wildman–Crippen LogP) is 6.81. The molecule has 1 aromatic heterocycles. The molecule has 1 aliphatic heterocycles. The average Bonchev–Trinajstić information content (AvgIpc) is 3.51. The molecule has 3 heteroatoms. The number of aryl methyl sites for hydroxylation is 1. The highest BCUT2D eigenvalue weighted by Gasteiger charge is 2.54. The summed E-state index contributed by atoms with van der Waals surface area (Å²) in [4.78, 5) is 10.2. The molecule has 3 aliphatic rings. The van der Waals surface area contributed by atoms with Crippen LogP contribution in [-0.4, -0.2) is 17.3 Å². The zero-order chi connectivity index (χ0) is 21.6. The van der Waals surface area contributed by atoms with E-state index in [0.717, 1.165) is 47.0 Å². The standard InChI is InChI=1S/C28H32N2O/c1-5-27-12-14-28(18-27,15-13-27)21(4)30-26(24-8-6-7-19(2)29-24)20(3)23-10-9-22-11-16-31-25(22)17-23/h5-10,17H,1,11-16,18H2,2-4H3/b26-20+,30-21+. The van der Waals surface area contributed by atoms with Crippen LogP contribution >= 0.6 is 0 Å². The molecular formula is C28H32N2O. The molecule has 2 saturated carbocycles. The van der Waals surface area contributed by atoms with Crippen LogP contribution in [0.25, 0.3) is 11.3 Å². The molecule has 0 N–H and O–H groups in total. The van der Waals surface area contributed by atoms with Crippen molar-refractivity contribution >= 4 is 17.0 Å². The third-order valence-electron chi connectivity index (χ3n) is 7.99. The number of allylic oxidation sites excluding steroid dienone is 2. The number of rotatable bonds is 5. The number of nitrogens with zero attached hydrogens (tertiary/aromatic N) is 2. The van der Waals surface area contributed by atoms with Gasteiger partial charge in [-0.1, -0.05) is 24.3 Å². The first kappa shape index (κ1) is 20.2. The number of benzene rings is 1. The maximum Gasteiger partial charge on any atom is 0.123 e. The molecule has 0 amide bonds. The van der Waals surface area contributed by atoms with Crippen molar-refractivity contribution in [3.8, 4) is 5.75 Å². The quantitative estimate of drug-likeness (QED) is 0.399. The minimum Gasteiger partial charge on any atom is -0.493 e. The van der Waals surface area contributed by atoms with Crippen LogP contribution in [0.1, 0.15) is 68.5 Å². The number of fused-ring (bicyclic) bond motifs is 3. The van der Waals surface area contributed by atoms with Crippen molar-refractivity contribution in [3.05, 3.63) is 71.6 Å². The summed E-state index contributed by atoms with van der Waals surface area (Å²) < 4.78 is 5.84. The van der Waals surface area contributed by atoms with Gasteiger partial charge in [-0.15, -0.1) is 6.58 Å². The second-order valence-corrected chi connectivity index (χ2v) is 9.78. The Morgan fingerprint density at radius 1 is 1.13 bits per heavy atom. The number of hydrogen-bond donors (Lipinski definition) is 0. The maximum absolute atomic E-state index is 5.84. The van der Waals surface area contributed by atoms with Gasteiger partial charge >= 0.3 is 0 Å². The van der Waals surface area contributed by atoms with E-state index in [-0.39, 0.29) is 5.41 Å². The van der Waals surface area contributed by atoms with Crippen LogP contribution in [0.3, 0.4) is 0 Å². The van der Waals surface area contributed by atoms with E-state index < -0.39 is 0 Å². The van der Waals surface area contributed by atoms with Gasteiger partial charge in [0, 0.05) is 23.2 Å². The van der Waals surface area contributed by atoms with Gasteiger partial charge in [-0.05, 0) is 93.2 Å². The largest absolute Gasteiger partial charge is 0.493 e. The highest BCUT2D eigenvalue weighted by Crippen LogP contribution is 2.62. The van der Waals surface area contributed by atoms with E-state index in [1.807, 2.05) is 13.0 Å². The maximum atomic E-state index is 5.84. The average molecular weight is 413 g/mol. The summed E-state index contributed by atoms with van der Waals surface area (Å²) >= 11 is 0. The Labute approximate surface area is 186 Å². The molecule has 2 aromatic rings. The molecule has 0 saturated heterocycles. The molecule has 31 heavy (non-hydrogen) atoms. The lowest BCUT2D eigenvalue weighted by Crippen LogP contribution is -2.24. The molecule has 2 bridgehead atoms. The second-order valence-electron chi connectivity index (χ2n) is 9.78. The Hall–Kier alpha value is -2.68. The van der Waals surface area contributed by atoms with E-state index in [9.17, 15) is 0 Å². The highest BCUT2D eigenvalue weighted by atomic mass is 16.5. The minimum absolute atomic E-state index is 0.213. The van der Waals surface area contributed by atoms with E-state index >= 15 is 0 Å². The lowest BCUT2D eigenvalue weighted by Gasteiger charge is -2.27. The first-order chi connectivity index (χ1) is 14.9. The Kier molecular flexibility index (Phi) is 4.88. The molecule has 0 atom stereocenters. The molecule has 0 radical (unpaired) electrons. The zero-order valence-corrected chi connectivity index (χ0v) is 19.0. The van der Waals surface area contributed by atoms with Crippen molar-refractivity contribution in [3.63, 3.8) is 0 Å². The number of hydrogen-bond acceptors (Lipinski definition) is 3. The highest BCUT2D eigenvalue weighted by molar-refractivity contribution is 5.98. The van der Waals surface area contributed by atoms with Crippen LogP contribution in [0.5, 0.6) is 5.75 Å². The molecule has 2 aliphatic carbocycles. The predicted molar refractivity (Wildman–Crippen MR) is 128 cm³/mol. The van der Waals surface area contributed by atoms with Gasteiger partial charge in [-0.3, -0.25) is 9.98 Å². The summed E-state index contributed by atoms with van der Waals surface area (Å²) in [6.07, 6.45) is 9.32. The summed E-state index contributed by atoms with van der Waals surface area (Å²) in [6, 6.07) is 12.8. The van der Waals surface area contributed by atoms with Gasteiger partial charge in [-0.2, -0.15) is 0 Å². The Bertz CT molecular complexity index is 1100. The van der Waals surface area contributed by atoms with Gasteiger partial charge in [-0.25, -0.2) is 0 Å². The fraction of sp³-hybridized carbons (Fsp3) is 0.429. The minimum atomic E-state index is 0.213. The molecule has 2 fully saturated rings. The van der Waals surface area contributed by atoms with E-state index in [0.29, 0.717) is 5.41 Å². The second kappa shape index (κ2) is 7.47. The Morgan fingerprint density at radius 3 is 2.65 bits per heavy atom. The van der Waals surface area contributed by atoms with Crippen LogP contribution in [0, 0.1) is 17.8 Å². The molecule has 2 heterocycles. The van der Waals surface area contributed by atoms with Crippen LogP contribution < -0.4 is 4.74 Å². The first-order valence-electron chi connectivity index (χ1n) is 11.5. The van der Waals surface area contributed by atoms with Gasteiger partial charge in [0.2, 0.25) is 0 Å². The molecule has 1 aromatic carbocycles. The molecule has 0 spiro atoms. The van der Waals surface area contributed by atoms with Crippen molar-refractivity contribution in [2.24, 2.45) is 15.8 Å². The topological polar surface area (TPSA) is 34.5 Å². The molecule has 3 nitrogen and oxygen atoms in total. The third-order valence-corrected chi connectivity index (χ3v) is 7.99. The summed E-state index contributed by atoms with van der Waals surface area (Å²) in [5.74, 6) is 1.01. The van der Waals surface area contributed by atoms with Crippen molar-refractivity contribution < 1.29 is 4.74 Å². The fourth-order valence-electron chi connectivity index (χ4n) is 5.85. The van der Waals surface area contributed by atoms with Crippen molar-refractivity contribution in [1.29, 1.82) is 0 Å². The van der Waals surface area contributed by atoms with Crippen LogP contribution in [0.15, 0.2) is 54.0 Å². The van der Waals surface area contributed by atoms with Crippen LogP contribution in [-0.2, 0) is 6.42 Å². The number of aliphatic imine (C=N–C) groups is 1. The fourth-order valence-corrected chi connectivity index (χ4v) is 5.85. The summed E-state index contributed by atoms with van der Waals surface area (Å²) in [5.41, 5.74) is 8.34. The zero-order valence-electron chi connectivity index (χ0n) is 19.0. The van der Waals surface area contributed by atoms with E-state index in [1.165, 1.54) is 43.4 Å². The number of pyridine rings is 1. The SMILES string of the molecule is C=CC12CCC(/C(C)=N/C(=C(\C)c3ccc4c(c3)OCC4)c3cccc(C)n3)(CC1)C2. The van der Waals surface area contributed by atoms with Gasteiger partial charge in [0.25, 0.3) is 0 Å². The summed E-state index contributed by atoms with van der Waals surface area (Å²) in [7, 11) is 0. The van der Waals surface area contributed by atoms with Gasteiger partial charge in [0.05, 0.1) is 18.0 Å². The normalized spacial score (nSPS) is 27.6. The third kappa shape index (κ3) is 3.44. The summed E-state index contributed by atoms with van der Waals surface area (Å²) in [5, 5.41) is 0.